The van der Waals surface area contributed by atoms with Crippen molar-refractivity contribution >= 4 is 0 Å². The molecule has 2 rings (SSSR count). The van der Waals surface area contributed by atoms with Crippen LogP contribution in [0.1, 0.15) is 38.1 Å². The number of rotatable bonds is 4. The van der Waals surface area contributed by atoms with Crippen LogP contribution in [0, 0.1) is 5.92 Å². The molecule has 1 aliphatic heterocycles. The molecule has 0 saturated heterocycles. The summed E-state index contributed by atoms with van der Waals surface area (Å²) in [6.07, 6.45) is 3.52. The van der Waals surface area contributed by atoms with Gasteiger partial charge in [0.05, 0.1) is 11.4 Å². The van der Waals surface area contributed by atoms with Crippen LogP contribution in [0.2, 0.25) is 0 Å². The van der Waals surface area contributed by atoms with Gasteiger partial charge in [0.2, 0.25) is 0 Å². The molecule has 0 bridgehead atoms. The summed E-state index contributed by atoms with van der Waals surface area (Å²) in [5.41, 5.74) is 2.49. The van der Waals surface area contributed by atoms with E-state index in [1.165, 1.54) is 18.5 Å². The lowest BCUT2D eigenvalue weighted by Gasteiger charge is -2.16. The largest absolute Gasteiger partial charge is 0.311 e. The second kappa shape index (κ2) is 4.75. The van der Waals surface area contributed by atoms with E-state index in [2.05, 4.69) is 34.2 Å². The van der Waals surface area contributed by atoms with Gasteiger partial charge in [0.1, 0.15) is 0 Å². The molecule has 0 radical (unpaired) electrons. The average Bonchev–Trinajstić information content (AvgIpc) is 2.69. The Bertz CT molecular complexity index is 314. The van der Waals surface area contributed by atoms with E-state index in [0.717, 1.165) is 37.7 Å². The van der Waals surface area contributed by atoms with Crippen molar-refractivity contribution < 1.29 is 0 Å². The van der Waals surface area contributed by atoms with Crippen molar-refractivity contribution in [1.29, 1.82) is 0 Å². The zero-order valence-electron chi connectivity index (χ0n) is 9.66. The maximum Gasteiger partial charge on any atom is 0.0997 e. The Hall–Kier alpha value is -0.900. The van der Waals surface area contributed by atoms with Crippen LogP contribution in [0.25, 0.3) is 0 Å². The van der Waals surface area contributed by atoms with Crippen molar-refractivity contribution in [1.82, 2.24) is 20.3 Å². The van der Waals surface area contributed by atoms with Crippen molar-refractivity contribution in [2.75, 3.05) is 6.54 Å². The van der Waals surface area contributed by atoms with Crippen LogP contribution < -0.4 is 5.32 Å². The van der Waals surface area contributed by atoms with Crippen LogP contribution in [0.4, 0.5) is 0 Å². The highest BCUT2D eigenvalue weighted by Gasteiger charge is 2.17. The second-order valence-electron chi connectivity index (χ2n) is 4.27. The second-order valence-corrected chi connectivity index (χ2v) is 4.27. The van der Waals surface area contributed by atoms with Crippen molar-refractivity contribution in [3.05, 3.63) is 11.4 Å². The highest BCUT2D eigenvalue weighted by atomic mass is 15.4. The van der Waals surface area contributed by atoms with Gasteiger partial charge in [0, 0.05) is 26.1 Å². The Balaban J connectivity index is 2.11. The topological polar surface area (TPSA) is 42.7 Å². The minimum Gasteiger partial charge on any atom is -0.311 e. The van der Waals surface area contributed by atoms with Crippen molar-refractivity contribution in [3.63, 3.8) is 0 Å². The minimum absolute atomic E-state index is 0.741. The maximum absolute atomic E-state index is 4.26. The van der Waals surface area contributed by atoms with Gasteiger partial charge < -0.3 is 5.32 Å². The fourth-order valence-electron chi connectivity index (χ4n) is 2.13. The molecule has 0 unspecified atom stereocenters. The minimum atomic E-state index is 0.741. The van der Waals surface area contributed by atoms with Crippen LogP contribution in [0.15, 0.2) is 0 Å². The molecular formula is C11H20N4. The Morgan fingerprint density at radius 3 is 2.93 bits per heavy atom. The summed E-state index contributed by atoms with van der Waals surface area (Å²) in [6, 6.07) is 0. The summed E-state index contributed by atoms with van der Waals surface area (Å²) < 4.78 is 2.12. The zero-order valence-corrected chi connectivity index (χ0v) is 9.66. The van der Waals surface area contributed by atoms with E-state index in [0.29, 0.717) is 0 Å². The Morgan fingerprint density at radius 2 is 2.20 bits per heavy atom. The number of nitrogens with zero attached hydrogens (tertiary/aromatic N) is 3. The third kappa shape index (κ3) is 2.20. The number of hydrogen-bond acceptors (Lipinski definition) is 3. The third-order valence-corrected chi connectivity index (χ3v) is 3.33. The van der Waals surface area contributed by atoms with E-state index >= 15 is 0 Å². The van der Waals surface area contributed by atoms with Gasteiger partial charge in [-0.3, -0.25) is 0 Å². The molecule has 2 heterocycles. The fraction of sp³-hybridized carbons (Fsp3) is 0.818. The standard InChI is InChI=1S/C11H20N4/c1-3-9(4-2)8-15-11-5-6-12-7-10(11)13-14-15/h9,12H,3-8H2,1-2H3. The Morgan fingerprint density at radius 1 is 1.40 bits per heavy atom. The quantitative estimate of drug-likeness (QED) is 0.812. The predicted octanol–water partition coefficient (Wildman–Crippen LogP) is 1.36. The molecule has 1 N–H and O–H groups in total. The molecule has 0 fully saturated rings. The van der Waals surface area contributed by atoms with Crippen LogP contribution in [0.5, 0.6) is 0 Å². The number of fused-ring (bicyclic) bond motifs is 1. The zero-order chi connectivity index (χ0) is 10.7. The lowest BCUT2D eigenvalue weighted by molar-refractivity contribution is 0.381. The summed E-state index contributed by atoms with van der Waals surface area (Å²) in [5, 5.41) is 11.8. The molecule has 1 aromatic rings. The van der Waals surface area contributed by atoms with E-state index in [4.69, 9.17) is 0 Å². The molecule has 84 valence electrons. The highest BCUT2D eigenvalue weighted by molar-refractivity contribution is 5.13. The first-order valence-corrected chi connectivity index (χ1v) is 5.97. The molecular weight excluding hydrogens is 188 g/mol. The van der Waals surface area contributed by atoms with Gasteiger partial charge in [0.25, 0.3) is 0 Å². The van der Waals surface area contributed by atoms with Gasteiger partial charge in [-0.2, -0.15) is 0 Å². The van der Waals surface area contributed by atoms with Gasteiger partial charge in [-0.1, -0.05) is 31.9 Å². The highest BCUT2D eigenvalue weighted by Crippen LogP contribution is 2.15. The first kappa shape index (κ1) is 10.6. The summed E-state index contributed by atoms with van der Waals surface area (Å²) in [5.74, 6) is 0.741. The van der Waals surface area contributed by atoms with E-state index < -0.39 is 0 Å². The summed E-state index contributed by atoms with van der Waals surface area (Å²) >= 11 is 0. The van der Waals surface area contributed by atoms with Crippen LogP contribution in [-0.4, -0.2) is 21.5 Å². The van der Waals surface area contributed by atoms with E-state index in [-0.39, 0.29) is 0 Å². The van der Waals surface area contributed by atoms with Gasteiger partial charge >= 0.3 is 0 Å². The smallest absolute Gasteiger partial charge is 0.0997 e. The first-order valence-electron chi connectivity index (χ1n) is 5.97. The SMILES string of the molecule is CCC(CC)Cn1nnc2c1CCNC2. The van der Waals surface area contributed by atoms with Gasteiger partial charge in [-0.25, -0.2) is 4.68 Å². The molecule has 0 amide bonds. The van der Waals surface area contributed by atoms with E-state index in [9.17, 15) is 0 Å². The van der Waals surface area contributed by atoms with Crippen LogP contribution in [-0.2, 0) is 19.5 Å². The lowest BCUT2D eigenvalue weighted by Crippen LogP contribution is -2.25. The normalized spacial score (nSPS) is 15.7. The fourth-order valence-corrected chi connectivity index (χ4v) is 2.13. The number of aromatic nitrogens is 3. The Labute approximate surface area is 91.1 Å². The van der Waals surface area contributed by atoms with Gasteiger partial charge in [-0.15, -0.1) is 5.10 Å². The number of hydrogen-bond donors (Lipinski definition) is 1. The molecule has 0 spiro atoms. The van der Waals surface area contributed by atoms with Crippen molar-refractivity contribution in [2.24, 2.45) is 5.92 Å². The monoisotopic (exact) mass is 208 g/mol. The van der Waals surface area contributed by atoms with Crippen molar-refractivity contribution in [3.8, 4) is 0 Å². The third-order valence-electron chi connectivity index (χ3n) is 3.33. The van der Waals surface area contributed by atoms with Crippen molar-refractivity contribution in [2.45, 2.75) is 46.2 Å². The van der Waals surface area contributed by atoms with E-state index in [1.54, 1.807) is 0 Å². The lowest BCUT2D eigenvalue weighted by atomic mass is 10.0. The maximum atomic E-state index is 4.26. The molecule has 4 nitrogen and oxygen atoms in total. The molecule has 0 saturated carbocycles. The van der Waals surface area contributed by atoms with Crippen LogP contribution >= 0.6 is 0 Å². The molecule has 1 aromatic heterocycles. The van der Waals surface area contributed by atoms with Gasteiger partial charge in [0.15, 0.2) is 0 Å². The summed E-state index contributed by atoms with van der Waals surface area (Å²) in [7, 11) is 0. The van der Waals surface area contributed by atoms with E-state index in [1.807, 2.05) is 0 Å². The number of nitrogens with one attached hydrogen (secondary N) is 1. The predicted molar refractivity (Wildman–Crippen MR) is 59.5 cm³/mol. The van der Waals surface area contributed by atoms with Gasteiger partial charge in [-0.05, 0) is 5.92 Å². The molecule has 15 heavy (non-hydrogen) atoms. The average molecular weight is 208 g/mol. The molecule has 0 atom stereocenters. The summed E-state index contributed by atoms with van der Waals surface area (Å²) in [4.78, 5) is 0. The molecule has 4 heteroatoms. The molecule has 0 aliphatic carbocycles. The molecule has 1 aliphatic rings. The first-order chi connectivity index (χ1) is 7.35. The summed E-state index contributed by atoms with van der Waals surface area (Å²) in [6.45, 7) is 7.48. The molecule has 0 aromatic carbocycles. The van der Waals surface area contributed by atoms with Crippen LogP contribution in [0.3, 0.4) is 0 Å². The Kier molecular flexibility index (Phi) is 3.36.